The standard InChI is InChI=1S/C16H24N2O2/c1-12-7-5-6-8-13(12)14(18(3)4)9-17-15(19)16(2)10-20-11-16/h5-8,14H,9-11H2,1-4H3,(H,17,19). The van der Waals surface area contributed by atoms with Crippen molar-refractivity contribution in [3.8, 4) is 0 Å². The van der Waals surface area contributed by atoms with Gasteiger partial charge < -0.3 is 15.0 Å². The van der Waals surface area contributed by atoms with E-state index >= 15 is 0 Å². The molecule has 1 fully saturated rings. The van der Waals surface area contributed by atoms with E-state index in [-0.39, 0.29) is 17.4 Å². The molecule has 1 unspecified atom stereocenters. The van der Waals surface area contributed by atoms with E-state index in [0.717, 1.165) is 0 Å². The minimum atomic E-state index is -0.345. The highest BCUT2D eigenvalue weighted by Crippen LogP contribution is 2.27. The van der Waals surface area contributed by atoms with Gasteiger partial charge in [0, 0.05) is 6.54 Å². The number of amides is 1. The van der Waals surface area contributed by atoms with Crippen molar-refractivity contribution in [1.82, 2.24) is 10.2 Å². The van der Waals surface area contributed by atoms with E-state index in [9.17, 15) is 4.79 Å². The summed E-state index contributed by atoms with van der Waals surface area (Å²) < 4.78 is 5.15. The fourth-order valence-corrected chi connectivity index (χ4v) is 2.47. The molecule has 1 heterocycles. The van der Waals surface area contributed by atoms with Crippen LogP contribution in [0, 0.1) is 12.3 Å². The number of rotatable bonds is 5. The molecule has 1 aromatic carbocycles. The maximum absolute atomic E-state index is 12.2. The second-order valence-corrected chi connectivity index (χ2v) is 6.10. The predicted molar refractivity (Wildman–Crippen MR) is 79.5 cm³/mol. The summed E-state index contributed by atoms with van der Waals surface area (Å²) >= 11 is 0. The molecule has 1 aliphatic heterocycles. The van der Waals surface area contributed by atoms with Crippen molar-refractivity contribution in [2.75, 3.05) is 33.9 Å². The molecule has 0 bridgehead atoms. The van der Waals surface area contributed by atoms with Crippen molar-refractivity contribution in [1.29, 1.82) is 0 Å². The van der Waals surface area contributed by atoms with Crippen molar-refractivity contribution in [3.63, 3.8) is 0 Å². The quantitative estimate of drug-likeness (QED) is 0.891. The highest BCUT2D eigenvalue weighted by atomic mass is 16.5. The van der Waals surface area contributed by atoms with Crippen molar-refractivity contribution < 1.29 is 9.53 Å². The molecular weight excluding hydrogens is 252 g/mol. The molecule has 1 amide bonds. The first-order valence-electron chi connectivity index (χ1n) is 7.02. The molecular formula is C16H24N2O2. The van der Waals surface area contributed by atoms with E-state index in [1.807, 2.05) is 33.2 Å². The van der Waals surface area contributed by atoms with Gasteiger partial charge in [0.05, 0.1) is 24.7 Å². The number of aryl methyl sites for hydroxylation is 1. The fourth-order valence-electron chi connectivity index (χ4n) is 2.47. The zero-order chi connectivity index (χ0) is 14.8. The molecule has 2 rings (SSSR count). The number of likely N-dealkylation sites (N-methyl/N-ethyl adjacent to an activating group) is 1. The number of ether oxygens (including phenoxy) is 1. The normalized spacial score (nSPS) is 18.4. The largest absolute Gasteiger partial charge is 0.379 e. The molecule has 110 valence electrons. The maximum atomic E-state index is 12.2. The zero-order valence-corrected chi connectivity index (χ0v) is 12.8. The highest BCUT2D eigenvalue weighted by molar-refractivity contribution is 5.83. The summed E-state index contributed by atoms with van der Waals surface area (Å²) in [6.45, 7) is 5.72. The Bertz CT molecular complexity index is 481. The van der Waals surface area contributed by atoms with Gasteiger partial charge in [0.2, 0.25) is 5.91 Å². The van der Waals surface area contributed by atoms with E-state index in [0.29, 0.717) is 19.8 Å². The van der Waals surface area contributed by atoms with Gasteiger partial charge in [0.25, 0.3) is 0 Å². The second kappa shape index (κ2) is 5.94. The summed E-state index contributed by atoms with van der Waals surface area (Å²) in [5.74, 6) is 0.0872. The first-order chi connectivity index (χ1) is 9.44. The average Bonchev–Trinajstić information content (AvgIpc) is 2.37. The van der Waals surface area contributed by atoms with Crippen LogP contribution in [0.25, 0.3) is 0 Å². The molecule has 1 aliphatic rings. The second-order valence-electron chi connectivity index (χ2n) is 6.10. The number of hydrogen-bond acceptors (Lipinski definition) is 3. The lowest BCUT2D eigenvalue weighted by Gasteiger charge is -2.37. The van der Waals surface area contributed by atoms with E-state index in [1.54, 1.807) is 0 Å². The molecule has 0 spiro atoms. The molecule has 20 heavy (non-hydrogen) atoms. The lowest BCUT2D eigenvalue weighted by Crippen LogP contribution is -2.53. The van der Waals surface area contributed by atoms with Gasteiger partial charge >= 0.3 is 0 Å². The Hall–Kier alpha value is -1.39. The highest BCUT2D eigenvalue weighted by Gasteiger charge is 2.41. The predicted octanol–water partition coefficient (Wildman–Crippen LogP) is 1.75. The Morgan fingerprint density at radius 1 is 1.40 bits per heavy atom. The maximum Gasteiger partial charge on any atom is 0.230 e. The summed E-state index contributed by atoms with van der Waals surface area (Å²) in [7, 11) is 4.08. The first kappa shape index (κ1) is 15.0. The third-order valence-electron chi connectivity index (χ3n) is 4.02. The van der Waals surface area contributed by atoms with Gasteiger partial charge in [0.1, 0.15) is 0 Å². The number of nitrogens with zero attached hydrogens (tertiary/aromatic N) is 1. The van der Waals surface area contributed by atoms with E-state index in [4.69, 9.17) is 4.74 Å². The SMILES string of the molecule is Cc1ccccc1C(CNC(=O)C1(C)COC1)N(C)C. The molecule has 0 aromatic heterocycles. The number of hydrogen-bond donors (Lipinski definition) is 1. The smallest absolute Gasteiger partial charge is 0.230 e. The van der Waals surface area contributed by atoms with Crippen LogP contribution in [-0.2, 0) is 9.53 Å². The van der Waals surface area contributed by atoms with Crippen molar-refractivity contribution >= 4 is 5.91 Å². The summed E-state index contributed by atoms with van der Waals surface area (Å²) in [6.07, 6.45) is 0. The molecule has 4 heteroatoms. The van der Waals surface area contributed by atoms with Gasteiger partial charge in [-0.15, -0.1) is 0 Å². The van der Waals surface area contributed by atoms with Gasteiger partial charge in [-0.05, 0) is 39.1 Å². The lowest BCUT2D eigenvalue weighted by molar-refractivity contribution is -0.157. The molecule has 0 saturated carbocycles. The Morgan fingerprint density at radius 2 is 2.05 bits per heavy atom. The summed E-state index contributed by atoms with van der Waals surface area (Å²) in [5.41, 5.74) is 2.16. The molecule has 1 aromatic rings. The number of benzene rings is 1. The molecule has 0 radical (unpaired) electrons. The summed E-state index contributed by atoms with van der Waals surface area (Å²) in [5, 5.41) is 3.07. The van der Waals surface area contributed by atoms with Crippen LogP contribution in [0.4, 0.5) is 0 Å². The molecule has 1 N–H and O–H groups in total. The third-order valence-corrected chi connectivity index (χ3v) is 4.02. The van der Waals surface area contributed by atoms with Crippen LogP contribution in [0.15, 0.2) is 24.3 Å². The lowest BCUT2D eigenvalue weighted by atomic mass is 9.87. The Balaban J connectivity index is 2.04. The summed E-state index contributed by atoms with van der Waals surface area (Å²) in [6, 6.07) is 8.50. The van der Waals surface area contributed by atoms with Crippen LogP contribution in [0.5, 0.6) is 0 Å². The molecule has 1 atom stereocenters. The Kier molecular flexibility index (Phi) is 4.45. The van der Waals surface area contributed by atoms with E-state index in [1.165, 1.54) is 11.1 Å². The molecule has 4 nitrogen and oxygen atoms in total. The van der Waals surface area contributed by atoms with Gasteiger partial charge in [-0.1, -0.05) is 24.3 Å². The van der Waals surface area contributed by atoms with Gasteiger partial charge in [0.15, 0.2) is 0 Å². The van der Waals surface area contributed by atoms with Crippen LogP contribution in [0.1, 0.15) is 24.1 Å². The van der Waals surface area contributed by atoms with Gasteiger partial charge in [-0.2, -0.15) is 0 Å². The van der Waals surface area contributed by atoms with Crippen LogP contribution in [0.3, 0.4) is 0 Å². The third kappa shape index (κ3) is 3.02. The van der Waals surface area contributed by atoms with Crippen LogP contribution >= 0.6 is 0 Å². The topological polar surface area (TPSA) is 41.6 Å². The van der Waals surface area contributed by atoms with Gasteiger partial charge in [-0.25, -0.2) is 0 Å². The van der Waals surface area contributed by atoms with Crippen molar-refractivity contribution in [2.45, 2.75) is 19.9 Å². The Morgan fingerprint density at radius 3 is 2.55 bits per heavy atom. The number of carbonyl (C=O) groups excluding carboxylic acids is 1. The first-order valence-corrected chi connectivity index (χ1v) is 7.02. The molecule has 0 aliphatic carbocycles. The van der Waals surface area contributed by atoms with E-state index < -0.39 is 0 Å². The van der Waals surface area contributed by atoms with E-state index in [2.05, 4.69) is 29.3 Å². The fraction of sp³-hybridized carbons (Fsp3) is 0.562. The number of nitrogens with one attached hydrogen (secondary N) is 1. The van der Waals surface area contributed by atoms with Gasteiger partial charge in [-0.3, -0.25) is 4.79 Å². The summed E-state index contributed by atoms with van der Waals surface area (Å²) in [4.78, 5) is 14.3. The van der Waals surface area contributed by atoms with Crippen LogP contribution < -0.4 is 5.32 Å². The molecule has 1 saturated heterocycles. The monoisotopic (exact) mass is 276 g/mol. The minimum absolute atomic E-state index is 0.0872. The van der Waals surface area contributed by atoms with Crippen molar-refractivity contribution in [3.05, 3.63) is 35.4 Å². The van der Waals surface area contributed by atoms with Crippen LogP contribution in [-0.4, -0.2) is 44.7 Å². The number of carbonyl (C=O) groups is 1. The average molecular weight is 276 g/mol. The Labute approximate surface area is 121 Å². The zero-order valence-electron chi connectivity index (χ0n) is 12.8. The minimum Gasteiger partial charge on any atom is -0.379 e. The van der Waals surface area contributed by atoms with Crippen LogP contribution in [0.2, 0.25) is 0 Å². The van der Waals surface area contributed by atoms with Crippen molar-refractivity contribution in [2.24, 2.45) is 5.41 Å².